The first-order valence-electron chi connectivity index (χ1n) is 9.88. The van der Waals surface area contributed by atoms with Gasteiger partial charge in [-0.05, 0) is 55.8 Å². The summed E-state index contributed by atoms with van der Waals surface area (Å²) in [6.45, 7) is 5.08. The van der Waals surface area contributed by atoms with Gasteiger partial charge in [-0.15, -0.1) is 0 Å². The van der Waals surface area contributed by atoms with Crippen LogP contribution >= 0.6 is 0 Å². The number of fused-ring (bicyclic) bond motifs is 1. The van der Waals surface area contributed by atoms with Crippen LogP contribution in [0.3, 0.4) is 0 Å². The first kappa shape index (κ1) is 20.3. The van der Waals surface area contributed by atoms with E-state index in [2.05, 4.69) is 9.97 Å². The molecule has 1 amide bonds. The molecule has 30 heavy (non-hydrogen) atoms. The van der Waals surface area contributed by atoms with E-state index in [1.54, 1.807) is 6.20 Å². The largest absolute Gasteiger partial charge is 0.416 e. The molecule has 4 rings (SSSR count). The molecule has 0 aliphatic carbocycles. The van der Waals surface area contributed by atoms with Crippen molar-refractivity contribution in [1.29, 1.82) is 0 Å². The summed E-state index contributed by atoms with van der Waals surface area (Å²) in [5.74, 6) is 0.0341. The number of hydrogen-bond acceptors (Lipinski definition) is 3. The molecule has 0 saturated carbocycles. The average Bonchev–Trinajstić information content (AvgIpc) is 3.10. The zero-order chi connectivity index (χ0) is 21.5. The normalized spacial score (nSPS) is 20.0. The van der Waals surface area contributed by atoms with E-state index in [1.165, 1.54) is 12.1 Å². The Bertz CT molecular complexity index is 1030. The maximum atomic E-state index is 13.1. The lowest BCUT2D eigenvalue weighted by Crippen LogP contribution is -2.59. The van der Waals surface area contributed by atoms with Gasteiger partial charge in [-0.1, -0.05) is 0 Å². The van der Waals surface area contributed by atoms with Crippen molar-refractivity contribution < 1.29 is 18.0 Å². The van der Waals surface area contributed by atoms with Gasteiger partial charge in [0.15, 0.2) is 0 Å². The van der Waals surface area contributed by atoms with Crippen molar-refractivity contribution in [2.75, 3.05) is 18.0 Å². The number of amides is 1. The number of benzene rings is 1. The minimum Gasteiger partial charge on any atom is -0.367 e. The van der Waals surface area contributed by atoms with Gasteiger partial charge in [0.05, 0.1) is 12.0 Å². The van der Waals surface area contributed by atoms with Crippen LogP contribution in [0.1, 0.15) is 25.0 Å². The second-order valence-electron chi connectivity index (χ2n) is 7.84. The SMILES string of the molecule is CC1CN(c2ccc(C(F)(F)F)cc2)CC(C)N1C(=O)Cc1c[nH]c2ncccc12. The van der Waals surface area contributed by atoms with Crippen molar-refractivity contribution in [2.24, 2.45) is 0 Å². The highest BCUT2D eigenvalue weighted by Crippen LogP contribution is 2.31. The molecule has 8 heteroatoms. The van der Waals surface area contributed by atoms with Crippen molar-refractivity contribution in [1.82, 2.24) is 14.9 Å². The highest BCUT2D eigenvalue weighted by atomic mass is 19.4. The first-order valence-corrected chi connectivity index (χ1v) is 9.88. The lowest BCUT2D eigenvalue weighted by atomic mass is 10.0. The molecule has 5 nitrogen and oxygen atoms in total. The third kappa shape index (κ3) is 3.86. The van der Waals surface area contributed by atoms with Gasteiger partial charge in [0.2, 0.25) is 5.91 Å². The maximum absolute atomic E-state index is 13.1. The minimum absolute atomic E-state index is 0.0341. The highest BCUT2D eigenvalue weighted by molar-refractivity contribution is 5.87. The third-order valence-electron chi connectivity index (χ3n) is 5.65. The summed E-state index contributed by atoms with van der Waals surface area (Å²) in [5, 5.41) is 0.939. The monoisotopic (exact) mass is 416 g/mol. The third-order valence-corrected chi connectivity index (χ3v) is 5.65. The van der Waals surface area contributed by atoms with Crippen molar-refractivity contribution in [3.8, 4) is 0 Å². The first-order chi connectivity index (χ1) is 14.2. The second-order valence-corrected chi connectivity index (χ2v) is 7.84. The number of alkyl halides is 3. The molecule has 1 fully saturated rings. The van der Waals surface area contributed by atoms with Crippen LogP contribution in [-0.4, -0.2) is 45.9 Å². The fraction of sp³-hybridized carbons (Fsp3) is 0.364. The number of halogens is 3. The van der Waals surface area contributed by atoms with E-state index in [1.807, 2.05) is 42.0 Å². The average molecular weight is 416 g/mol. The fourth-order valence-electron chi connectivity index (χ4n) is 4.30. The van der Waals surface area contributed by atoms with Crippen LogP contribution < -0.4 is 4.90 Å². The Labute approximate surface area is 172 Å². The lowest BCUT2D eigenvalue weighted by molar-refractivity contribution is -0.138. The fourth-order valence-corrected chi connectivity index (χ4v) is 4.30. The molecule has 3 aromatic rings. The van der Waals surface area contributed by atoms with E-state index in [0.717, 1.165) is 34.4 Å². The smallest absolute Gasteiger partial charge is 0.367 e. The number of aromatic nitrogens is 2. The number of carbonyl (C=O) groups is 1. The molecule has 1 aliphatic rings. The van der Waals surface area contributed by atoms with Crippen LogP contribution in [0, 0.1) is 0 Å². The van der Waals surface area contributed by atoms with E-state index < -0.39 is 11.7 Å². The summed E-state index contributed by atoms with van der Waals surface area (Å²) in [5.41, 5.74) is 1.74. The van der Waals surface area contributed by atoms with E-state index in [4.69, 9.17) is 0 Å². The van der Waals surface area contributed by atoms with E-state index in [-0.39, 0.29) is 24.4 Å². The van der Waals surface area contributed by atoms with Gasteiger partial charge < -0.3 is 14.8 Å². The molecular weight excluding hydrogens is 393 g/mol. The van der Waals surface area contributed by atoms with Gasteiger partial charge in [0.25, 0.3) is 0 Å². The van der Waals surface area contributed by atoms with Crippen LogP contribution in [0.15, 0.2) is 48.8 Å². The number of pyridine rings is 1. The van der Waals surface area contributed by atoms with Crippen LogP contribution in [-0.2, 0) is 17.4 Å². The van der Waals surface area contributed by atoms with Gasteiger partial charge in [-0.2, -0.15) is 13.2 Å². The number of rotatable bonds is 3. The number of nitrogens with one attached hydrogen (secondary N) is 1. The molecule has 158 valence electrons. The number of H-pyrrole nitrogens is 1. The Morgan fingerprint density at radius 2 is 1.80 bits per heavy atom. The summed E-state index contributed by atoms with van der Waals surface area (Å²) >= 11 is 0. The second kappa shape index (κ2) is 7.66. The number of anilines is 1. The van der Waals surface area contributed by atoms with Gasteiger partial charge in [0, 0.05) is 48.6 Å². The molecule has 2 atom stereocenters. The Hall–Kier alpha value is -3.03. The molecule has 1 aliphatic heterocycles. The van der Waals surface area contributed by atoms with Gasteiger partial charge in [-0.3, -0.25) is 4.79 Å². The van der Waals surface area contributed by atoms with E-state index >= 15 is 0 Å². The van der Waals surface area contributed by atoms with Crippen molar-refractivity contribution in [2.45, 2.75) is 38.5 Å². The van der Waals surface area contributed by atoms with Gasteiger partial charge in [-0.25, -0.2) is 4.98 Å². The molecule has 0 bridgehead atoms. The summed E-state index contributed by atoms with van der Waals surface area (Å²) in [6, 6.07) is 8.87. The summed E-state index contributed by atoms with van der Waals surface area (Å²) in [4.78, 5) is 24.3. The zero-order valence-corrected chi connectivity index (χ0v) is 16.8. The molecule has 0 spiro atoms. The minimum atomic E-state index is -4.35. The van der Waals surface area contributed by atoms with Crippen LogP contribution in [0.2, 0.25) is 0 Å². The highest BCUT2D eigenvalue weighted by Gasteiger charge is 2.34. The van der Waals surface area contributed by atoms with Crippen LogP contribution in [0.25, 0.3) is 11.0 Å². The van der Waals surface area contributed by atoms with Crippen LogP contribution in [0.4, 0.5) is 18.9 Å². The Balaban J connectivity index is 1.46. The molecule has 2 aromatic heterocycles. The predicted octanol–water partition coefficient (Wildman–Crippen LogP) is 4.25. The van der Waals surface area contributed by atoms with E-state index in [9.17, 15) is 18.0 Å². The number of carbonyl (C=O) groups excluding carboxylic acids is 1. The van der Waals surface area contributed by atoms with Crippen molar-refractivity contribution in [3.05, 3.63) is 59.9 Å². The Morgan fingerprint density at radius 1 is 1.13 bits per heavy atom. The summed E-state index contributed by atoms with van der Waals surface area (Å²) in [7, 11) is 0. The predicted molar refractivity (Wildman–Crippen MR) is 109 cm³/mol. The number of aromatic amines is 1. The quantitative estimate of drug-likeness (QED) is 0.695. The molecule has 3 heterocycles. The molecular formula is C22H23F3N4O. The number of nitrogens with zero attached hydrogens (tertiary/aromatic N) is 3. The number of hydrogen-bond donors (Lipinski definition) is 1. The number of piperazine rings is 1. The van der Waals surface area contributed by atoms with Gasteiger partial charge >= 0.3 is 6.18 Å². The van der Waals surface area contributed by atoms with Crippen LogP contribution in [0.5, 0.6) is 0 Å². The molecule has 2 unspecified atom stereocenters. The topological polar surface area (TPSA) is 52.2 Å². The zero-order valence-electron chi connectivity index (χ0n) is 16.8. The van der Waals surface area contributed by atoms with Gasteiger partial charge in [0.1, 0.15) is 5.65 Å². The van der Waals surface area contributed by atoms with E-state index in [0.29, 0.717) is 13.1 Å². The van der Waals surface area contributed by atoms with Crippen molar-refractivity contribution >= 4 is 22.6 Å². The lowest BCUT2D eigenvalue weighted by Gasteiger charge is -2.45. The van der Waals surface area contributed by atoms with Crippen molar-refractivity contribution in [3.63, 3.8) is 0 Å². The molecule has 1 N–H and O–H groups in total. The molecule has 1 aromatic carbocycles. The summed E-state index contributed by atoms with van der Waals surface area (Å²) in [6.07, 6.45) is -0.540. The molecule has 1 saturated heterocycles. The molecule has 0 radical (unpaired) electrons. The Morgan fingerprint density at radius 3 is 2.43 bits per heavy atom. The maximum Gasteiger partial charge on any atom is 0.416 e. The summed E-state index contributed by atoms with van der Waals surface area (Å²) < 4.78 is 38.4. The standard InChI is InChI=1S/C22H23F3N4O/c1-14-12-28(18-7-5-17(6-8-18)22(23,24)25)13-15(2)29(14)20(30)10-16-11-27-21-19(16)4-3-9-26-21/h3-9,11,14-15H,10,12-13H2,1-2H3,(H,26,27). The Kier molecular flexibility index (Phi) is 5.17.